The number of aromatic amines is 1. The lowest BCUT2D eigenvalue weighted by molar-refractivity contribution is -0.207. The standard InChI is InChI=1S/C35H41N7O5/c1-6-33(4)15-26(34(5)20(2)10-12-35(21(3)30(33)45)13-11-25(43)29(34)35)47-27(44)17-42-16-24(40-41-42)22-8-7-9-23(14-22)46-32-28-31(37-18-36-28)38-19-39-32/h6-9,14,16,18-21,26,29-30,45H,1,10-13,15,17H2,2-5H3,(H,36,37,38,39)/t20-,21+,26-,29+,30+,33-,34+,35+/m1/s1. The molecule has 0 saturated heterocycles. The van der Waals surface area contributed by atoms with Gasteiger partial charge in [-0.3, -0.25) is 9.59 Å². The van der Waals surface area contributed by atoms with Gasteiger partial charge in [-0.1, -0.05) is 51.1 Å². The maximum atomic E-state index is 13.7. The number of carbonyl (C=O) groups is 2. The molecule has 2 N–H and O–H groups in total. The molecule has 3 aromatic heterocycles. The summed E-state index contributed by atoms with van der Waals surface area (Å²) in [5.41, 5.74) is 0.758. The first-order chi connectivity index (χ1) is 22.5. The number of Topliss-reactive ketones (excluding diaryl/α,β-unsaturated/α-hetero) is 1. The van der Waals surface area contributed by atoms with Crippen molar-refractivity contribution in [2.75, 3.05) is 0 Å². The molecule has 3 heterocycles. The second kappa shape index (κ2) is 11.4. The van der Waals surface area contributed by atoms with Crippen LogP contribution in [0.2, 0.25) is 0 Å². The summed E-state index contributed by atoms with van der Waals surface area (Å²) in [6.07, 6.45) is 8.53. The number of carbonyl (C=O) groups excluding carboxylic acids is 2. The van der Waals surface area contributed by atoms with Crippen LogP contribution in [0, 0.1) is 34.0 Å². The summed E-state index contributed by atoms with van der Waals surface area (Å²) in [5, 5.41) is 20.3. The lowest BCUT2D eigenvalue weighted by Gasteiger charge is -2.61. The van der Waals surface area contributed by atoms with Crippen LogP contribution in [0.5, 0.6) is 11.6 Å². The van der Waals surface area contributed by atoms with Crippen molar-refractivity contribution in [2.45, 2.75) is 78.6 Å². The lowest BCUT2D eigenvalue weighted by atomic mass is 9.44. The fourth-order valence-corrected chi connectivity index (χ4v) is 8.99. The molecule has 7 rings (SSSR count). The van der Waals surface area contributed by atoms with Gasteiger partial charge in [-0.15, -0.1) is 11.7 Å². The number of aromatic nitrogens is 7. The van der Waals surface area contributed by atoms with Crippen molar-refractivity contribution in [1.82, 2.24) is 34.9 Å². The molecule has 0 aliphatic heterocycles. The van der Waals surface area contributed by atoms with Gasteiger partial charge in [0.15, 0.2) is 11.2 Å². The van der Waals surface area contributed by atoms with Gasteiger partial charge < -0.3 is 19.6 Å². The van der Waals surface area contributed by atoms with Crippen LogP contribution in [0.1, 0.15) is 59.8 Å². The SMILES string of the molecule is C=C[C@]1(C)C[C@@H](OC(=O)Cn2cc(-c3cccc(Oc4ncnc5[nH]cnc45)c3)nn2)[C@]2(C)[C@H](C)CC[C@]3(CCC(=O)[C@H]32)[C@@H](C)[C@@H]1O. The van der Waals surface area contributed by atoms with Crippen LogP contribution in [0.25, 0.3) is 22.4 Å². The zero-order chi connectivity index (χ0) is 33.1. The highest BCUT2D eigenvalue weighted by Gasteiger charge is 2.68. The minimum absolute atomic E-state index is 0.0878. The molecule has 1 aromatic carbocycles. The fraction of sp³-hybridized carbons (Fsp3) is 0.514. The van der Waals surface area contributed by atoms with Crippen molar-refractivity contribution in [2.24, 2.45) is 34.0 Å². The summed E-state index contributed by atoms with van der Waals surface area (Å²) in [6.45, 7) is 12.3. The molecule has 0 radical (unpaired) electrons. The average Bonchev–Trinajstić information content (AvgIpc) is 3.82. The Balaban J connectivity index is 1.12. The number of imidazole rings is 1. The van der Waals surface area contributed by atoms with E-state index < -0.39 is 29.0 Å². The maximum absolute atomic E-state index is 13.7. The van der Waals surface area contributed by atoms with E-state index in [0.717, 1.165) is 24.8 Å². The van der Waals surface area contributed by atoms with Crippen molar-refractivity contribution < 1.29 is 24.2 Å². The van der Waals surface area contributed by atoms with E-state index in [1.165, 1.54) is 17.3 Å². The lowest BCUT2D eigenvalue weighted by Crippen LogP contribution is -2.63. The van der Waals surface area contributed by atoms with Gasteiger partial charge in [-0.05, 0) is 55.1 Å². The number of esters is 1. The van der Waals surface area contributed by atoms with E-state index in [0.29, 0.717) is 41.3 Å². The number of H-pyrrole nitrogens is 1. The number of rotatable bonds is 7. The van der Waals surface area contributed by atoms with Crippen LogP contribution in [0.4, 0.5) is 0 Å². The third kappa shape index (κ3) is 4.95. The predicted octanol–water partition coefficient (Wildman–Crippen LogP) is 5.31. The van der Waals surface area contributed by atoms with Gasteiger partial charge in [0, 0.05) is 28.7 Å². The molecule has 246 valence electrons. The Hall–Kier alpha value is -4.45. The molecule has 0 spiro atoms. The van der Waals surface area contributed by atoms with Crippen LogP contribution in [0.3, 0.4) is 0 Å². The number of nitrogens with one attached hydrogen (secondary N) is 1. The third-order valence-corrected chi connectivity index (χ3v) is 11.9. The minimum Gasteiger partial charge on any atom is -0.460 e. The molecule has 3 aliphatic carbocycles. The zero-order valence-corrected chi connectivity index (χ0v) is 27.2. The van der Waals surface area contributed by atoms with Gasteiger partial charge in [-0.25, -0.2) is 14.6 Å². The Bertz CT molecular complexity index is 1850. The largest absolute Gasteiger partial charge is 0.460 e. The quantitative estimate of drug-likeness (QED) is 0.201. The average molecular weight is 640 g/mol. The highest BCUT2D eigenvalue weighted by molar-refractivity contribution is 5.85. The Morgan fingerprint density at radius 2 is 2.04 bits per heavy atom. The molecule has 3 aliphatic rings. The Morgan fingerprint density at radius 1 is 1.21 bits per heavy atom. The van der Waals surface area contributed by atoms with Crippen LogP contribution in [-0.4, -0.2) is 64.0 Å². The Labute approximate surface area is 273 Å². The highest BCUT2D eigenvalue weighted by atomic mass is 16.5. The number of aliphatic hydroxyl groups is 1. The predicted molar refractivity (Wildman–Crippen MR) is 172 cm³/mol. The van der Waals surface area contributed by atoms with Gasteiger partial charge in [-0.2, -0.15) is 4.98 Å². The van der Waals surface area contributed by atoms with E-state index in [1.54, 1.807) is 24.4 Å². The molecule has 12 heteroatoms. The number of hydrogen-bond acceptors (Lipinski definition) is 10. The topological polar surface area (TPSA) is 158 Å². The molecular weight excluding hydrogens is 598 g/mol. The molecule has 47 heavy (non-hydrogen) atoms. The van der Waals surface area contributed by atoms with Gasteiger partial charge in [0.05, 0.1) is 18.6 Å². The van der Waals surface area contributed by atoms with Crippen LogP contribution < -0.4 is 4.74 Å². The van der Waals surface area contributed by atoms with Gasteiger partial charge >= 0.3 is 5.97 Å². The molecule has 0 unspecified atom stereocenters. The monoisotopic (exact) mass is 639 g/mol. The number of ketones is 1. The van der Waals surface area contributed by atoms with E-state index in [2.05, 4.69) is 57.6 Å². The number of benzene rings is 1. The van der Waals surface area contributed by atoms with Crippen molar-refractivity contribution in [3.8, 4) is 22.9 Å². The molecule has 2 bridgehead atoms. The first-order valence-corrected chi connectivity index (χ1v) is 16.3. The number of fused-ring (bicyclic) bond motifs is 1. The van der Waals surface area contributed by atoms with E-state index in [-0.39, 0.29) is 35.5 Å². The third-order valence-electron chi connectivity index (χ3n) is 11.9. The molecular formula is C35H41N7O5. The van der Waals surface area contributed by atoms with E-state index in [4.69, 9.17) is 9.47 Å². The number of hydrogen-bond donors (Lipinski definition) is 2. The van der Waals surface area contributed by atoms with Crippen LogP contribution >= 0.6 is 0 Å². The number of nitrogens with zero attached hydrogens (tertiary/aromatic N) is 6. The first kappa shape index (κ1) is 31.2. The molecule has 12 nitrogen and oxygen atoms in total. The fourth-order valence-electron chi connectivity index (χ4n) is 8.99. The first-order valence-electron chi connectivity index (χ1n) is 16.3. The smallest absolute Gasteiger partial charge is 0.328 e. The second-order valence-electron chi connectivity index (χ2n) is 14.3. The molecule has 4 aromatic rings. The Morgan fingerprint density at radius 3 is 2.85 bits per heavy atom. The summed E-state index contributed by atoms with van der Waals surface area (Å²) >= 11 is 0. The molecule has 3 saturated carbocycles. The second-order valence-corrected chi connectivity index (χ2v) is 14.3. The van der Waals surface area contributed by atoms with E-state index in [1.807, 2.05) is 19.1 Å². The van der Waals surface area contributed by atoms with Gasteiger partial charge in [0.25, 0.3) is 5.88 Å². The van der Waals surface area contributed by atoms with Crippen LogP contribution in [0.15, 0.2) is 55.8 Å². The number of ether oxygens (including phenoxy) is 2. The van der Waals surface area contributed by atoms with Gasteiger partial charge in [0.1, 0.15) is 36.2 Å². The van der Waals surface area contributed by atoms with Crippen molar-refractivity contribution in [3.05, 3.63) is 55.8 Å². The van der Waals surface area contributed by atoms with E-state index in [9.17, 15) is 14.7 Å². The number of aliphatic hydroxyl groups excluding tert-OH is 1. The minimum atomic E-state index is -0.718. The summed E-state index contributed by atoms with van der Waals surface area (Å²) in [5.74, 6) is 0.376. The summed E-state index contributed by atoms with van der Waals surface area (Å²) in [7, 11) is 0. The zero-order valence-electron chi connectivity index (χ0n) is 27.2. The molecule has 8 atom stereocenters. The normalized spacial score (nSPS) is 33.6. The highest BCUT2D eigenvalue weighted by Crippen LogP contribution is 2.68. The van der Waals surface area contributed by atoms with Crippen molar-refractivity contribution in [1.29, 1.82) is 0 Å². The van der Waals surface area contributed by atoms with Crippen LogP contribution in [-0.2, 0) is 20.9 Å². The van der Waals surface area contributed by atoms with Gasteiger partial charge in [0.2, 0.25) is 0 Å². The summed E-state index contributed by atoms with van der Waals surface area (Å²) in [4.78, 5) is 42.9. The molecule has 0 amide bonds. The van der Waals surface area contributed by atoms with Crippen molar-refractivity contribution >= 4 is 22.9 Å². The van der Waals surface area contributed by atoms with Crippen molar-refractivity contribution in [3.63, 3.8) is 0 Å². The Kier molecular flexibility index (Phi) is 7.53. The van der Waals surface area contributed by atoms with E-state index >= 15 is 0 Å². The molecule has 3 fully saturated rings. The maximum Gasteiger partial charge on any atom is 0.328 e. The summed E-state index contributed by atoms with van der Waals surface area (Å²) < 4.78 is 13.8. The summed E-state index contributed by atoms with van der Waals surface area (Å²) in [6, 6.07) is 7.31.